The SMILES string of the molecule is C=CC(O)C1CCc2c(cn(C)c2C(=O)Nc2ccc(C)c(C#N)c2)S(=O)(=O)N1. The number of aliphatic hydroxyl groups is 1. The lowest BCUT2D eigenvalue weighted by Crippen LogP contribution is -2.41. The highest BCUT2D eigenvalue weighted by Crippen LogP contribution is 2.29. The van der Waals surface area contributed by atoms with Gasteiger partial charge in [-0.05, 0) is 37.5 Å². The topological polar surface area (TPSA) is 124 Å². The molecule has 2 atom stereocenters. The predicted molar refractivity (Wildman–Crippen MR) is 108 cm³/mol. The maximum atomic E-state index is 13.0. The van der Waals surface area contributed by atoms with Gasteiger partial charge >= 0.3 is 0 Å². The summed E-state index contributed by atoms with van der Waals surface area (Å²) in [6.07, 6.45) is 2.24. The Balaban J connectivity index is 1.97. The van der Waals surface area contributed by atoms with Gasteiger partial charge in [0.15, 0.2) is 0 Å². The number of nitrogens with zero attached hydrogens (tertiary/aromatic N) is 2. The van der Waals surface area contributed by atoms with E-state index in [1.54, 1.807) is 32.2 Å². The van der Waals surface area contributed by atoms with Gasteiger partial charge in [0.2, 0.25) is 10.0 Å². The van der Waals surface area contributed by atoms with Crippen LogP contribution in [0, 0.1) is 18.3 Å². The van der Waals surface area contributed by atoms with Crippen molar-refractivity contribution in [2.45, 2.75) is 36.8 Å². The number of nitrogens with one attached hydrogen (secondary N) is 2. The molecule has 1 aliphatic heterocycles. The van der Waals surface area contributed by atoms with E-state index in [9.17, 15) is 23.6 Å². The van der Waals surface area contributed by atoms with Crippen molar-refractivity contribution in [1.29, 1.82) is 5.26 Å². The van der Waals surface area contributed by atoms with Gasteiger partial charge in [0, 0.05) is 24.5 Å². The zero-order valence-electron chi connectivity index (χ0n) is 16.1. The smallest absolute Gasteiger partial charge is 0.272 e. The van der Waals surface area contributed by atoms with Crippen LogP contribution in [0.1, 0.15) is 33.6 Å². The summed E-state index contributed by atoms with van der Waals surface area (Å²) in [6.45, 7) is 5.30. The van der Waals surface area contributed by atoms with E-state index in [2.05, 4.69) is 22.7 Å². The van der Waals surface area contributed by atoms with Crippen molar-refractivity contribution in [3.63, 3.8) is 0 Å². The lowest BCUT2D eigenvalue weighted by Gasteiger charge is -2.19. The monoisotopic (exact) mass is 414 g/mol. The molecule has 0 bridgehead atoms. The van der Waals surface area contributed by atoms with Crippen molar-refractivity contribution < 1.29 is 18.3 Å². The number of nitriles is 1. The summed E-state index contributed by atoms with van der Waals surface area (Å²) >= 11 is 0. The van der Waals surface area contributed by atoms with E-state index in [4.69, 9.17) is 0 Å². The largest absolute Gasteiger partial charge is 0.387 e. The fraction of sp³-hybridized carbons (Fsp3) is 0.300. The number of aryl methyl sites for hydroxylation is 2. The third-order valence-electron chi connectivity index (χ3n) is 5.03. The molecule has 152 valence electrons. The van der Waals surface area contributed by atoms with E-state index in [1.165, 1.54) is 16.8 Å². The summed E-state index contributed by atoms with van der Waals surface area (Å²) in [6, 6.07) is 6.34. The number of hydrogen-bond donors (Lipinski definition) is 3. The summed E-state index contributed by atoms with van der Waals surface area (Å²) in [4.78, 5) is 13.0. The Kier molecular flexibility index (Phi) is 5.61. The summed E-state index contributed by atoms with van der Waals surface area (Å²) < 4.78 is 29.5. The highest BCUT2D eigenvalue weighted by Gasteiger charge is 2.34. The van der Waals surface area contributed by atoms with Crippen LogP contribution in [0.3, 0.4) is 0 Å². The van der Waals surface area contributed by atoms with Gasteiger partial charge in [-0.25, -0.2) is 13.1 Å². The van der Waals surface area contributed by atoms with Crippen molar-refractivity contribution in [1.82, 2.24) is 9.29 Å². The molecule has 2 unspecified atom stereocenters. The van der Waals surface area contributed by atoms with E-state index in [0.717, 1.165) is 5.56 Å². The van der Waals surface area contributed by atoms with Gasteiger partial charge in [-0.15, -0.1) is 6.58 Å². The van der Waals surface area contributed by atoms with Gasteiger partial charge in [0.05, 0.1) is 23.8 Å². The maximum absolute atomic E-state index is 13.0. The summed E-state index contributed by atoms with van der Waals surface area (Å²) in [5.41, 5.74) is 2.30. The molecule has 0 saturated heterocycles. The number of rotatable bonds is 4. The first kappa shape index (κ1) is 20.8. The molecule has 1 aromatic heterocycles. The van der Waals surface area contributed by atoms with Crippen LogP contribution in [-0.2, 0) is 23.5 Å². The van der Waals surface area contributed by atoms with Crippen LogP contribution in [0.15, 0.2) is 41.9 Å². The molecule has 1 aromatic carbocycles. The Morgan fingerprint density at radius 1 is 1.52 bits per heavy atom. The van der Waals surface area contributed by atoms with Crippen molar-refractivity contribution in [3.05, 3.63) is 59.4 Å². The molecule has 3 rings (SSSR count). The standard InChI is InChI=1S/C20H22N4O4S/c1-4-17(25)16-8-7-15-18(29(27,28)23-16)11-24(3)19(15)20(26)22-14-6-5-12(2)13(9-14)10-21/h4-6,9,11,16-17,23,25H,1,7-8H2,2-3H3,(H,22,26). The summed E-state index contributed by atoms with van der Waals surface area (Å²) in [5.74, 6) is -0.473. The van der Waals surface area contributed by atoms with Gasteiger partial charge in [-0.2, -0.15) is 5.26 Å². The third kappa shape index (κ3) is 3.96. The quantitative estimate of drug-likeness (QED) is 0.656. The number of aromatic nitrogens is 1. The molecular formula is C20H22N4O4S. The number of aliphatic hydroxyl groups excluding tert-OH is 1. The zero-order chi connectivity index (χ0) is 21.3. The van der Waals surface area contributed by atoms with E-state index < -0.39 is 28.1 Å². The highest BCUT2D eigenvalue weighted by atomic mass is 32.2. The van der Waals surface area contributed by atoms with Crippen molar-refractivity contribution in [2.75, 3.05) is 5.32 Å². The number of sulfonamides is 1. The molecule has 0 radical (unpaired) electrons. The number of benzene rings is 1. The van der Waals surface area contributed by atoms with Crippen LogP contribution < -0.4 is 10.0 Å². The minimum atomic E-state index is -3.91. The molecule has 0 saturated carbocycles. The first-order valence-electron chi connectivity index (χ1n) is 9.01. The Morgan fingerprint density at radius 3 is 2.90 bits per heavy atom. The number of fused-ring (bicyclic) bond motifs is 1. The second-order valence-corrected chi connectivity index (χ2v) is 8.70. The lowest BCUT2D eigenvalue weighted by molar-refractivity contribution is 0.101. The van der Waals surface area contributed by atoms with Crippen LogP contribution in [0.5, 0.6) is 0 Å². The number of carbonyl (C=O) groups is 1. The molecule has 2 heterocycles. The molecule has 1 aliphatic rings. The van der Waals surface area contributed by atoms with E-state index in [0.29, 0.717) is 23.2 Å². The predicted octanol–water partition coefficient (Wildman–Crippen LogP) is 1.60. The van der Waals surface area contributed by atoms with Crippen LogP contribution in [0.25, 0.3) is 0 Å². The Morgan fingerprint density at radius 2 is 2.24 bits per heavy atom. The molecule has 0 spiro atoms. The normalized spacial score (nSPS) is 18.8. The maximum Gasteiger partial charge on any atom is 0.272 e. The van der Waals surface area contributed by atoms with Gasteiger partial charge in [-0.3, -0.25) is 4.79 Å². The van der Waals surface area contributed by atoms with Gasteiger partial charge in [0.25, 0.3) is 5.91 Å². The van der Waals surface area contributed by atoms with E-state index in [-0.39, 0.29) is 17.0 Å². The molecule has 0 aliphatic carbocycles. The van der Waals surface area contributed by atoms with Crippen LogP contribution in [0.4, 0.5) is 5.69 Å². The fourth-order valence-electron chi connectivity index (χ4n) is 3.46. The van der Waals surface area contributed by atoms with Crippen LogP contribution >= 0.6 is 0 Å². The fourth-order valence-corrected chi connectivity index (χ4v) is 5.06. The summed E-state index contributed by atoms with van der Waals surface area (Å²) in [5, 5.41) is 21.9. The van der Waals surface area contributed by atoms with Crippen molar-refractivity contribution >= 4 is 21.6 Å². The lowest BCUT2D eigenvalue weighted by atomic mass is 10.0. The number of amides is 1. The van der Waals surface area contributed by atoms with Gasteiger partial charge < -0.3 is 15.0 Å². The second kappa shape index (κ2) is 7.83. The van der Waals surface area contributed by atoms with Crippen LogP contribution in [-0.4, -0.2) is 36.1 Å². The molecular weight excluding hydrogens is 392 g/mol. The molecule has 9 heteroatoms. The number of carbonyl (C=O) groups excluding carboxylic acids is 1. The molecule has 3 N–H and O–H groups in total. The highest BCUT2D eigenvalue weighted by molar-refractivity contribution is 7.89. The van der Waals surface area contributed by atoms with Crippen LogP contribution in [0.2, 0.25) is 0 Å². The van der Waals surface area contributed by atoms with E-state index >= 15 is 0 Å². The van der Waals surface area contributed by atoms with Crippen molar-refractivity contribution in [3.8, 4) is 6.07 Å². The average molecular weight is 414 g/mol. The first-order chi connectivity index (χ1) is 13.7. The Bertz CT molecular complexity index is 1130. The Hall–Kier alpha value is -2.93. The van der Waals surface area contributed by atoms with Gasteiger partial charge in [-0.1, -0.05) is 12.1 Å². The molecule has 0 fully saturated rings. The van der Waals surface area contributed by atoms with E-state index in [1.807, 2.05) is 0 Å². The Labute approximate surface area is 169 Å². The third-order valence-corrected chi connectivity index (χ3v) is 6.58. The number of anilines is 1. The van der Waals surface area contributed by atoms with Gasteiger partial charge in [0.1, 0.15) is 10.6 Å². The second-order valence-electron chi connectivity index (χ2n) is 7.02. The average Bonchev–Trinajstić information content (AvgIpc) is 2.96. The van der Waals surface area contributed by atoms with Crippen molar-refractivity contribution in [2.24, 2.45) is 7.05 Å². The molecule has 8 nitrogen and oxygen atoms in total. The zero-order valence-corrected chi connectivity index (χ0v) is 17.0. The summed E-state index contributed by atoms with van der Waals surface area (Å²) in [7, 11) is -2.31. The first-order valence-corrected chi connectivity index (χ1v) is 10.5. The molecule has 29 heavy (non-hydrogen) atoms. The number of hydrogen-bond acceptors (Lipinski definition) is 5. The molecule has 1 amide bonds. The minimum absolute atomic E-state index is 0.0190. The minimum Gasteiger partial charge on any atom is -0.387 e. The molecule has 2 aromatic rings.